The summed E-state index contributed by atoms with van der Waals surface area (Å²) >= 11 is 0. The van der Waals surface area contributed by atoms with Gasteiger partial charge in [0.15, 0.2) is 0 Å². The van der Waals surface area contributed by atoms with Crippen LogP contribution >= 0.6 is 0 Å². The zero-order valence-corrected chi connectivity index (χ0v) is 9.03. The van der Waals surface area contributed by atoms with Crippen molar-refractivity contribution in [3.63, 3.8) is 0 Å². The summed E-state index contributed by atoms with van der Waals surface area (Å²) in [5, 5.41) is 4.87. The van der Waals surface area contributed by atoms with Gasteiger partial charge in [-0.15, -0.1) is 0 Å². The molecule has 5 heteroatoms. The molecule has 0 heterocycles. The molecule has 0 amide bonds. The average molecular weight is 227 g/mol. The Balaban J connectivity index is 2.30. The third-order valence-electron chi connectivity index (χ3n) is 2.56. The summed E-state index contributed by atoms with van der Waals surface area (Å²) in [5.74, 6) is 0. The Labute approximate surface area is 89.3 Å². The molecule has 0 spiro atoms. The van der Waals surface area contributed by atoms with Crippen LogP contribution in [0.5, 0.6) is 0 Å². The molecule has 0 aromatic heterocycles. The molecule has 0 fully saturated rings. The number of aryl methyl sites for hydroxylation is 1. The lowest BCUT2D eigenvalue weighted by molar-refractivity contribution is 0.191. The van der Waals surface area contributed by atoms with Crippen molar-refractivity contribution >= 4 is 10.3 Å². The molecule has 1 unspecified atom stereocenters. The van der Waals surface area contributed by atoms with E-state index in [1.807, 2.05) is 24.3 Å². The van der Waals surface area contributed by atoms with E-state index in [2.05, 4.69) is 0 Å². The first-order valence-corrected chi connectivity index (χ1v) is 6.32. The highest BCUT2D eigenvalue weighted by molar-refractivity contribution is 7.84. The minimum atomic E-state index is -3.87. The third kappa shape index (κ3) is 2.56. The number of hydrogen-bond acceptors (Lipinski definition) is 3. The zero-order valence-electron chi connectivity index (χ0n) is 8.22. The predicted octanol–water partition coefficient (Wildman–Crippen LogP) is 1.28. The van der Waals surface area contributed by atoms with Gasteiger partial charge in [-0.3, -0.25) is 4.18 Å². The normalized spacial score (nSPS) is 21.0. The summed E-state index contributed by atoms with van der Waals surface area (Å²) in [6.45, 7) is 0. The van der Waals surface area contributed by atoms with Crippen LogP contribution in [0.1, 0.15) is 30.1 Å². The topological polar surface area (TPSA) is 69.4 Å². The van der Waals surface area contributed by atoms with Gasteiger partial charge in [0.1, 0.15) is 6.10 Å². The molecule has 1 aromatic carbocycles. The highest BCUT2D eigenvalue weighted by Crippen LogP contribution is 2.32. The largest absolute Gasteiger partial charge is 0.333 e. The van der Waals surface area contributed by atoms with Gasteiger partial charge in [-0.05, 0) is 30.4 Å². The number of benzene rings is 1. The fourth-order valence-corrected chi connectivity index (χ4v) is 2.49. The summed E-state index contributed by atoms with van der Waals surface area (Å²) < 4.78 is 26.6. The highest BCUT2D eigenvalue weighted by atomic mass is 32.2. The molecule has 0 bridgehead atoms. The van der Waals surface area contributed by atoms with Crippen molar-refractivity contribution in [1.82, 2.24) is 0 Å². The molecule has 0 aliphatic heterocycles. The van der Waals surface area contributed by atoms with Crippen LogP contribution in [0.3, 0.4) is 0 Å². The van der Waals surface area contributed by atoms with Crippen molar-refractivity contribution < 1.29 is 12.6 Å². The van der Waals surface area contributed by atoms with Gasteiger partial charge in [-0.25, -0.2) is 5.14 Å². The first-order valence-electron chi connectivity index (χ1n) is 4.85. The van der Waals surface area contributed by atoms with Crippen LogP contribution < -0.4 is 5.14 Å². The van der Waals surface area contributed by atoms with Crippen LogP contribution in [0.15, 0.2) is 24.3 Å². The Morgan fingerprint density at radius 3 is 2.80 bits per heavy atom. The molecule has 1 aliphatic rings. The van der Waals surface area contributed by atoms with Crippen molar-refractivity contribution in [1.29, 1.82) is 0 Å². The Bertz CT molecular complexity index is 455. The third-order valence-corrected chi connectivity index (χ3v) is 3.07. The van der Waals surface area contributed by atoms with Crippen molar-refractivity contribution in [2.75, 3.05) is 0 Å². The van der Waals surface area contributed by atoms with Gasteiger partial charge in [-0.2, -0.15) is 8.42 Å². The standard InChI is InChI=1S/C10H13NO3S/c11-15(12,13)14-10-7-3-5-8-4-1-2-6-9(8)10/h1-2,4,6,10H,3,5,7H2,(H2,11,12,13). The highest BCUT2D eigenvalue weighted by Gasteiger charge is 2.23. The first-order chi connectivity index (χ1) is 7.06. The number of hydrogen-bond donors (Lipinski definition) is 1. The second-order valence-electron chi connectivity index (χ2n) is 3.67. The SMILES string of the molecule is NS(=O)(=O)OC1CCCc2ccccc21. The minimum absolute atomic E-state index is 0.412. The van der Waals surface area contributed by atoms with Gasteiger partial charge in [0.05, 0.1) is 0 Å². The quantitative estimate of drug-likeness (QED) is 0.827. The zero-order chi connectivity index (χ0) is 10.9. The van der Waals surface area contributed by atoms with Gasteiger partial charge in [0.2, 0.25) is 0 Å². The summed E-state index contributed by atoms with van der Waals surface area (Å²) in [4.78, 5) is 0. The fraction of sp³-hybridized carbons (Fsp3) is 0.400. The van der Waals surface area contributed by atoms with Gasteiger partial charge < -0.3 is 0 Å². The monoisotopic (exact) mass is 227 g/mol. The lowest BCUT2D eigenvalue weighted by atomic mass is 9.90. The summed E-state index contributed by atoms with van der Waals surface area (Å²) in [7, 11) is -3.87. The Hall–Kier alpha value is -0.910. The molecule has 1 aromatic rings. The predicted molar refractivity (Wildman–Crippen MR) is 56.3 cm³/mol. The molecule has 2 rings (SSSR count). The molecule has 82 valence electrons. The molecule has 4 nitrogen and oxygen atoms in total. The maximum absolute atomic E-state index is 10.9. The van der Waals surface area contributed by atoms with E-state index in [9.17, 15) is 8.42 Å². The first kappa shape index (κ1) is 10.6. The van der Waals surface area contributed by atoms with E-state index >= 15 is 0 Å². The Morgan fingerprint density at radius 1 is 1.33 bits per heavy atom. The lowest BCUT2D eigenvalue weighted by Gasteiger charge is -2.23. The summed E-state index contributed by atoms with van der Waals surface area (Å²) in [5.41, 5.74) is 2.09. The molecular formula is C10H13NO3S. The molecular weight excluding hydrogens is 214 g/mol. The summed E-state index contributed by atoms with van der Waals surface area (Å²) in [6, 6.07) is 7.71. The Morgan fingerprint density at radius 2 is 2.07 bits per heavy atom. The van der Waals surface area contributed by atoms with E-state index in [-0.39, 0.29) is 0 Å². The molecule has 2 N–H and O–H groups in total. The molecule has 1 aliphatic carbocycles. The van der Waals surface area contributed by atoms with E-state index in [0.717, 1.165) is 24.0 Å². The number of rotatable bonds is 2. The van der Waals surface area contributed by atoms with E-state index in [1.165, 1.54) is 0 Å². The van der Waals surface area contributed by atoms with Gasteiger partial charge >= 0.3 is 10.3 Å². The van der Waals surface area contributed by atoms with Crippen LogP contribution in [0.2, 0.25) is 0 Å². The average Bonchev–Trinajstić information content (AvgIpc) is 2.16. The van der Waals surface area contributed by atoms with E-state index in [0.29, 0.717) is 6.42 Å². The maximum atomic E-state index is 10.9. The van der Waals surface area contributed by atoms with E-state index < -0.39 is 16.4 Å². The van der Waals surface area contributed by atoms with Crippen LogP contribution in [0, 0.1) is 0 Å². The van der Waals surface area contributed by atoms with Crippen LogP contribution in [-0.2, 0) is 20.9 Å². The van der Waals surface area contributed by atoms with Crippen LogP contribution in [0.4, 0.5) is 0 Å². The smallest absolute Gasteiger partial charge is 0.250 e. The van der Waals surface area contributed by atoms with Crippen molar-refractivity contribution in [3.8, 4) is 0 Å². The van der Waals surface area contributed by atoms with Gasteiger partial charge in [0.25, 0.3) is 0 Å². The number of fused-ring (bicyclic) bond motifs is 1. The van der Waals surface area contributed by atoms with Crippen LogP contribution in [-0.4, -0.2) is 8.42 Å². The minimum Gasteiger partial charge on any atom is -0.250 e. The van der Waals surface area contributed by atoms with Crippen LogP contribution in [0.25, 0.3) is 0 Å². The molecule has 0 saturated heterocycles. The van der Waals surface area contributed by atoms with Gasteiger partial charge in [0, 0.05) is 0 Å². The molecule has 0 radical (unpaired) electrons. The molecule has 0 saturated carbocycles. The van der Waals surface area contributed by atoms with Gasteiger partial charge in [-0.1, -0.05) is 24.3 Å². The molecule has 1 atom stereocenters. The lowest BCUT2D eigenvalue weighted by Crippen LogP contribution is -2.22. The van der Waals surface area contributed by atoms with Crippen molar-refractivity contribution in [3.05, 3.63) is 35.4 Å². The second-order valence-corrected chi connectivity index (χ2v) is 4.85. The van der Waals surface area contributed by atoms with E-state index in [4.69, 9.17) is 9.32 Å². The maximum Gasteiger partial charge on any atom is 0.333 e. The molecule has 15 heavy (non-hydrogen) atoms. The number of nitrogens with two attached hydrogens (primary N) is 1. The Kier molecular flexibility index (Phi) is 2.77. The second kappa shape index (κ2) is 3.92. The fourth-order valence-electron chi connectivity index (χ4n) is 1.97. The summed E-state index contributed by atoms with van der Waals surface area (Å²) in [6.07, 6.45) is 2.19. The van der Waals surface area contributed by atoms with Crippen molar-refractivity contribution in [2.24, 2.45) is 5.14 Å². The van der Waals surface area contributed by atoms with E-state index in [1.54, 1.807) is 0 Å². The van der Waals surface area contributed by atoms with Crippen molar-refractivity contribution in [2.45, 2.75) is 25.4 Å².